The number of hydrogen-bond donors (Lipinski definition) is 9. The van der Waals surface area contributed by atoms with Crippen molar-refractivity contribution in [3.63, 3.8) is 0 Å². The smallest absolute Gasteiger partial charge is 0.386 e. The number of nitrogens with zero attached hydrogens (tertiary/aromatic N) is 6. The Morgan fingerprint density at radius 3 is 1.76 bits per heavy atom. The SMILES string of the molecule is NCCOCCOCCOCCOCCC(=O)NC1C2OP(=O)(O)OC[C@H]3O[C@@H](n4cnc5c(=O)[nH]c(N)nc54)C(O)C3OP(=O)(O)OC[C@H]2O[C@H]1n1cnc2c(=O)[nH]c(N)nc21. The van der Waals surface area contributed by atoms with Gasteiger partial charge in [0.25, 0.3) is 11.1 Å². The van der Waals surface area contributed by atoms with E-state index in [4.69, 9.17) is 63.7 Å². The van der Waals surface area contributed by atoms with Gasteiger partial charge in [0.15, 0.2) is 34.8 Å². The number of nitrogens with one attached hydrogen (secondary N) is 3. The fraction of sp³-hybridized carbons (Fsp3) is 0.645. The fourth-order valence-electron chi connectivity index (χ4n) is 6.84. The second-order valence-electron chi connectivity index (χ2n) is 13.9. The molecule has 6 unspecified atom stereocenters. The fourth-order valence-corrected chi connectivity index (χ4v) is 8.77. The number of phosphoric ester groups is 2. The van der Waals surface area contributed by atoms with Crippen molar-refractivity contribution >= 4 is 55.8 Å². The topological polar surface area (TPSA) is 421 Å². The Bertz CT molecular complexity index is 2430. The molecule has 32 heteroatoms. The van der Waals surface area contributed by atoms with E-state index in [1.54, 1.807) is 0 Å². The molecule has 10 atom stereocenters. The summed E-state index contributed by atoms with van der Waals surface area (Å²) in [6.07, 6.45) is -9.50. The molecule has 63 heavy (non-hydrogen) atoms. The molecule has 348 valence electrons. The first-order chi connectivity index (χ1) is 30.1. The largest absolute Gasteiger partial charge is 0.472 e. The van der Waals surface area contributed by atoms with Crippen LogP contribution in [0.2, 0.25) is 0 Å². The minimum Gasteiger partial charge on any atom is -0.386 e. The highest BCUT2D eigenvalue weighted by atomic mass is 31.2. The van der Waals surface area contributed by atoms with Gasteiger partial charge >= 0.3 is 15.6 Å². The molecule has 12 N–H and O–H groups in total. The number of nitrogen functional groups attached to an aromatic ring is 2. The standard InChI is InChI=1S/C31H46N12O18P2/c32-2-4-53-6-8-55-10-9-54-7-5-52-3-1-17(44)37-18-22-15(58-28(18)42-13-35-19-24(42)38-30(33)40-26(19)46)11-56-63(50,51)61-23-16(12-57-62(48,49)60-22)59-29(21(23)45)43-14-36-20-25(43)39-31(34)41-27(20)47/h13-16,18,21-23,28-29,45H,1-12,32H2,(H,37,44)(H,48,49)(H,50,51)(H3,33,38,40,46)(H3,34,39,41,47)/t15-,16-,18?,21?,22?,23?,28-,29-/m1/s1. The van der Waals surface area contributed by atoms with E-state index in [0.717, 1.165) is 17.2 Å². The van der Waals surface area contributed by atoms with Gasteiger partial charge in [-0.25, -0.2) is 19.1 Å². The van der Waals surface area contributed by atoms with E-state index in [9.17, 15) is 38.4 Å². The Balaban J connectivity index is 1.06. The van der Waals surface area contributed by atoms with E-state index in [-0.39, 0.29) is 67.1 Å². The van der Waals surface area contributed by atoms with Gasteiger partial charge in [-0.05, 0) is 0 Å². The molecule has 3 fully saturated rings. The highest BCUT2D eigenvalue weighted by Gasteiger charge is 2.54. The van der Waals surface area contributed by atoms with Crippen molar-refractivity contribution in [2.24, 2.45) is 5.73 Å². The number of aromatic amines is 2. The summed E-state index contributed by atoms with van der Waals surface area (Å²) in [5.74, 6) is -1.28. The van der Waals surface area contributed by atoms with E-state index in [0.29, 0.717) is 33.0 Å². The van der Waals surface area contributed by atoms with Crippen molar-refractivity contribution in [3.05, 3.63) is 33.4 Å². The van der Waals surface area contributed by atoms with Gasteiger partial charge in [-0.1, -0.05) is 0 Å². The van der Waals surface area contributed by atoms with Gasteiger partial charge in [-0.15, -0.1) is 0 Å². The third-order valence-electron chi connectivity index (χ3n) is 9.59. The number of aromatic nitrogens is 8. The molecule has 7 heterocycles. The average Bonchev–Trinajstić information content (AvgIpc) is 3.99. The molecule has 0 aliphatic carbocycles. The second-order valence-corrected chi connectivity index (χ2v) is 16.7. The number of imidazole rings is 2. The number of anilines is 2. The van der Waals surface area contributed by atoms with Gasteiger partial charge < -0.3 is 65.8 Å². The van der Waals surface area contributed by atoms with Crippen LogP contribution >= 0.6 is 15.6 Å². The number of carbonyl (C=O) groups excluding carboxylic acids is 1. The number of phosphoric acid groups is 2. The van der Waals surface area contributed by atoms with Gasteiger partial charge in [0.05, 0.1) is 78.7 Å². The first-order valence-electron chi connectivity index (χ1n) is 19.2. The molecule has 3 aliphatic heterocycles. The van der Waals surface area contributed by atoms with Crippen LogP contribution in [0.15, 0.2) is 22.2 Å². The lowest BCUT2D eigenvalue weighted by atomic mass is 10.1. The molecular formula is C31H46N12O18P2. The van der Waals surface area contributed by atoms with E-state index in [2.05, 4.69) is 35.2 Å². The Morgan fingerprint density at radius 2 is 1.22 bits per heavy atom. The molecule has 7 rings (SSSR count). The maximum absolute atomic E-state index is 13.7. The summed E-state index contributed by atoms with van der Waals surface area (Å²) in [6, 6.07) is -1.46. The highest BCUT2D eigenvalue weighted by molar-refractivity contribution is 7.47. The number of hydrogen-bond acceptors (Lipinski definition) is 23. The van der Waals surface area contributed by atoms with Crippen LogP contribution in [0.4, 0.5) is 11.9 Å². The van der Waals surface area contributed by atoms with E-state index < -0.39 is 94.9 Å². The first kappa shape index (κ1) is 46.7. The van der Waals surface area contributed by atoms with Crippen LogP contribution in [0.3, 0.4) is 0 Å². The molecule has 4 aromatic heterocycles. The summed E-state index contributed by atoms with van der Waals surface area (Å²) in [4.78, 5) is 81.3. The third kappa shape index (κ3) is 11.1. The average molecular weight is 937 g/mol. The number of ether oxygens (including phenoxy) is 6. The van der Waals surface area contributed by atoms with Crippen molar-refractivity contribution in [2.45, 2.75) is 55.4 Å². The zero-order valence-electron chi connectivity index (χ0n) is 33.0. The number of rotatable bonds is 17. The highest BCUT2D eigenvalue weighted by Crippen LogP contribution is 2.53. The molecule has 0 saturated carbocycles. The van der Waals surface area contributed by atoms with Gasteiger partial charge in [0.1, 0.15) is 36.6 Å². The molecule has 3 saturated heterocycles. The lowest BCUT2D eigenvalue weighted by Gasteiger charge is -2.29. The van der Waals surface area contributed by atoms with Crippen molar-refractivity contribution in [2.75, 3.05) is 84.1 Å². The molecule has 0 bridgehead atoms. The van der Waals surface area contributed by atoms with Crippen molar-refractivity contribution in [1.82, 2.24) is 44.4 Å². The number of aliphatic hydroxyl groups excluding tert-OH is 1. The molecular weight excluding hydrogens is 890 g/mol. The normalized spacial score (nSPS) is 30.2. The lowest BCUT2D eigenvalue weighted by Crippen LogP contribution is -2.48. The van der Waals surface area contributed by atoms with Crippen LogP contribution in [-0.4, -0.2) is 169 Å². The number of nitrogens with two attached hydrogens (primary N) is 3. The zero-order valence-corrected chi connectivity index (χ0v) is 34.8. The summed E-state index contributed by atoms with van der Waals surface area (Å²) in [6.45, 7) is 0.664. The van der Waals surface area contributed by atoms with Crippen molar-refractivity contribution in [3.8, 4) is 0 Å². The predicted molar refractivity (Wildman–Crippen MR) is 209 cm³/mol. The lowest BCUT2D eigenvalue weighted by molar-refractivity contribution is -0.124. The van der Waals surface area contributed by atoms with Crippen LogP contribution in [-0.2, 0) is 60.4 Å². The van der Waals surface area contributed by atoms with Gasteiger partial charge in [-0.3, -0.25) is 51.6 Å². The summed E-state index contributed by atoms with van der Waals surface area (Å²) in [7, 11) is -10.5. The van der Waals surface area contributed by atoms with Crippen molar-refractivity contribution < 1.29 is 75.3 Å². The molecule has 1 amide bonds. The van der Waals surface area contributed by atoms with Crippen LogP contribution in [0.5, 0.6) is 0 Å². The molecule has 30 nitrogen and oxygen atoms in total. The Kier molecular flexibility index (Phi) is 15.0. The van der Waals surface area contributed by atoms with Gasteiger partial charge in [0.2, 0.25) is 17.8 Å². The summed E-state index contributed by atoms with van der Waals surface area (Å²) < 4.78 is 84.7. The summed E-state index contributed by atoms with van der Waals surface area (Å²) >= 11 is 0. The van der Waals surface area contributed by atoms with Crippen LogP contribution in [0.1, 0.15) is 18.9 Å². The van der Waals surface area contributed by atoms with Crippen LogP contribution < -0.4 is 33.6 Å². The second kappa shape index (κ2) is 20.2. The zero-order chi connectivity index (χ0) is 44.9. The Labute approximate surface area is 353 Å². The Hall–Kier alpha value is -4.33. The first-order valence-corrected chi connectivity index (χ1v) is 22.2. The summed E-state index contributed by atoms with van der Waals surface area (Å²) in [5.41, 5.74) is 14.8. The van der Waals surface area contributed by atoms with Crippen LogP contribution in [0.25, 0.3) is 22.3 Å². The van der Waals surface area contributed by atoms with E-state index in [1.807, 2.05) is 0 Å². The molecule has 3 aliphatic rings. The monoisotopic (exact) mass is 936 g/mol. The molecule has 4 aromatic rings. The van der Waals surface area contributed by atoms with E-state index in [1.165, 1.54) is 4.57 Å². The maximum Gasteiger partial charge on any atom is 0.472 e. The van der Waals surface area contributed by atoms with Gasteiger partial charge in [-0.2, -0.15) is 9.97 Å². The quantitative estimate of drug-likeness (QED) is 0.0366. The molecule has 0 radical (unpaired) electrons. The number of carbonyl (C=O) groups is 1. The minimum absolute atomic E-state index is 0.0984. The predicted octanol–water partition coefficient (Wildman–Crippen LogP) is -3.51. The molecule has 0 spiro atoms. The number of amides is 1. The summed E-state index contributed by atoms with van der Waals surface area (Å²) in [5, 5.41) is 14.0. The molecule has 0 aromatic carbocycles. The minimum atomic E-state index is -5.24. The van der Waals surface area contributed by atoms with Crippen LogP contribution in [0, 0.1) is 0 Å². The van der Waals surface area contributed by atoms with Gasteiger partial charge in [0, 0.05) is 13.0 Å². The number of fused-ring (bicyclic) bond motifs is 4. The van der Waals surface area contributed by atoms with Crippen molar-refractivity contribution in [1.29, 1.82) is 0 Å². The number of H-pyrrole nitrogens is 2. The number of aliphatic hydroxyl groups is 1. The maximum atomic E-state index is 13.7. The van der Waals surface area contributed by atoms with E-state index >= 15 is 0 Å². The third-order valence-corrected chi connectivity index (χ3v) is 11.6. The Morgan fingerprint density at radius 1 is 0.762 bits per heavy atom.